The van der Waals surface area contributed by atoms with E-state index in [1.807, 2.05) is 0 Å². The van der Waals surface area contributed by atoms with Gasteiger partial charge in [-0.05, 0) is 45.8 Å². The van der Waals surface area contributed by atoms with E-state index in [0.29, 0.717) is 49.6 Å². The van der Waals surface area contributed by atoms with Crippen molar-refractivity contribution in [3.05, 3.63) is 81.1 Å². The largest absolute Gasteiger partial charge is 0.539 e. The number of urea groups is 1. The molecule has 5 rings (SSSR count). The molecule has 1 aliphatic heterocycles. The standard InChI is InChI=1S/C26H20N10O2/c1-33-25(37)34(2)30-23(29-33)18-11-16-6-5-15-7-10-20(24-31-35(3)26(38)36(4)32-24)19(22(15)14-28)9-8-17(12-18)21(16)13-27/h5-12H,1-4H3. The number of hydrogen-bond acceptors (Lipinski definition) is 7. The van der Waals surface area contributed by atoms with Gasteiger partial charge in [0, 0.05) is 25.0 Å². The molecule has 4 bridgehead atoms. The van der Waals surface area contributed by atoms with Crippen molar-refractivity contribution in [2.45, 2.75) is 0 Å². The lowest BCUT2D eigenvalue weighted by molar-refractivity contribution is -0.748. The van der Waals surface area contributed by atoms with Gasteiger partial charge in [0.1, 0.15) is 26.2 Å². The van der Waals surface area contributed by atoms with E-state index in [-0.39, 0.29) is 11.9 Å². The highest BCUT2D eigenvalue weighted by atomic mass is 16.2. The van der Waals surface area contributed by atoms with Crippen LogP contribution in [0.25, 0.3) is 38.4 Å². The Morgan fingerprint density at radius 1 is 0.895 bits per heavy atom. The maximum absolute atomic E-state index is 12.1. The Balaban J connectivity index is 1.84. The maximum Gasteiger partial charge on any atom is 0.539 e. The average molecular weight is 505 g/mol. The van der Waals surface area contributed by atoms with Gasteiger partial charge in [-0.2, -0.15) is 15.3 Å². The Labute approximate surface area is 216 Å². The molecular formula is C26H20N10O2. The third kappa shape index (κ3) is 3.96. The first-order valence-electron chi connectivity index (χ1n) is 11.4. The van der Waals surface area contributed by atoms with Crippen LogP contribution in [-0.2, 0) is 14.1 Å². The summed E-state index contributed by atoms with van der Waals surface area (Å²) in [5.41, 5.74) is 5.85. The van der Waals surface area contributed by atoms with E-state index in [0.717, 1.165) is 0 Å². The quantitative estimate of drug-likeness (QED) is 0.382. The molecule has 186 valence electrons. The van der Waals surface area contributed by atoms with Gasteiger partial charge < -0.3 is 20.5 Å². The van der Waals surface area contributed by atoms with Crippen LogP contribution in [0.3, 0.4) is 0 Å². The number of aryl methyl sites for hydroxylation is 2. The number of benzene rings is 2. The number of amidine groups is 1. The minimum Gasteiger partial charge on any atom is -0.369 e. The predicted molar refractivity (Wildman–Crippen MR) is 138 cm³/mol. The molecule has 0 radical (unpaired) electrons. The summed E-state index contributed by atoms with van der Waals surface area (Å²) in [6.07, 6.45) is 0. The van der Waals surface area contributed by atoms with Gasteiger partial charge in [-0.3, -0.25) is 0 Å². The van der Waals surface area contributed by atoms with E-state index in [1.165, 1.54) is 47.6 Å². The second-order valence-electron chi connectivity index (χ2n) is 8.62. The fourth-order valence-electron chi connectivity index (χ4n) is 4.25. The Bertz CT molecular complexity index is 1850. The number of carbonyl (C=O) groups excluding carboxylic acids is 1. The summed E-state index contributed by atoms with van der Waals surface area (Å²) < 4.78 is 2.35. The van der Waals surface area contributed by atoms with E-state index in [2.05, 4.69) is 32.9 Å². The molecule has 0 spiro atoms. The van der Waals surface area contributed by atoms with Crippen molar-refractivity contribution in [3.8, 4) is 23.5 Å². The molecule has 12 heteroatoms. The summed E-state index contributed by atoms with van der Waals surface area (Å²) in [5.74, 6) is 0.572. The van der Waals surface area contributed by atoms with E-state index >= 15 is 0 Å². The first kappa shape index (κ1) is 24.1. The lowest BCUT2D eigenvalue weighted by atomic mass is 9.97. The Hall–Kier alpha value is -5.62. The highest BCUT2D eigenvalue weighted by Gasteiger charge is 2.18. The highest BCUT2D eigenvalue weighted by Crippen LogP contribution is 2.29. The molecule has 4 aromatic rings. The molecule has 0 N–H and O–H groups in total. The smallest absolute Gasteiger partial charge is 0.369 e. The van der Waals surface area contributed by atoms with Gasteiger partial charge in [-0.15, -0.1) is 0 Å². The van der Waals surface area contributed by atoms with Gasteiger partial charge in [0.25, 0.3) is 0 Å². The minimum absolute atomic E-state index is 0.263. The zero-order valence-corrected chi connectivity index (χ0v) is 20.9. The van der Waals surface area contributed by atoms with Crippen LogP contribution in [0.5, 0.6) is 0 Å². The van der Waals surface area contributed by atoms with Crippen LogP contribution in [0.4, 0.5) is 4.79 Å². The number of carbonyl (C=O) groups is 1. The van der Waals surface area contributed by atoms with Gasteiger partial charge in [0.05, 0.1) is 11.1 Å². The van der Waals surface area contributed by atoms with Crippen molar-refractivity contribution in [2.24, 2.45) is 19.2 Å². The third-order valence-corrected chi connectivity index (χ3v) is 6.16. The zero-order chi connectivity index (χ0) is 27.1. The summed E-state index contributed by atoms with van der Waals surface area (Å²) in [5, 5.41) is 37.7. The molecule has 0 fully saturated rings. The predicted octanol–water partition coefficient (Wildman–Crippen LogP) is 2.23. The lowest BCUT2D eigenvalue weighted by Gasteiger charge is -2.38. The highest BCUT2D eigenvalue weighted by molar-refractivity contribution is 6.12. The van der Waals surface area contributed by atoms with Crippen LogP contribution < -0.4 is 10.4 Å². The topological polar surface area (TPSA) is 149 Å². The van der Waals surface area contributed by atoms with Crippen LogP contribution in [0.2, 0.25) is 0 Å². The van der Waals surface area contributed by atoms with Gasteiger partial charge in [-0.1, -0.05) is 49.9 Å². The Kier molecular flexibility index (Phi) is 5.78. The molecule has 2 heterocycles. The van der Waals surface area contributed by atoms with Crippen molar-refractivity contribution in [1.82, 2.24) is 24.9 Å². The number of rotatable bonds is 2. The molecule has 1 aromatic heterocycles. The molecule has 2 amide bonds. The number of fused-ring (bicyclic) bond motifs is 4. The summed E-state index contributed by atoms with van der Waals surface area (Å²) in [6.45, 7) is 0. The molecule has 3 aromatic carbocycles. The molecule has 12 nitrogen and oxygen atoms in total. The minimum atomic E-state index is -0.391. The number of hydrazone groups is 1. The van der Waals surface area contributed by atoms with E-state index in [4.69, 9.17) is 0 Å². The van der Waals surface area contributed by atoms with Gasteiger partial charge >= 0.3 is 11.7 Å². The number of nitriles is 2. The number of hydrogen-bond donors (Lipinski definition) is 0. The first-order chi connectivity index (χ1) is 18.2. The second-order valence-corrected chi connectivity index (χ2v) is 8.62. The van der Waals surface area contributed by atoms with Gasteiger partial charge in [0.2, 0.25) is 5.82 Å². The number of nitrogens with zero attached hydrogens (tertiary/aromatic N) is 10. The Morgan fingerprint density at radius 2 is 1.53 bits per heavy atom. The molecule has 38 heavy (non-hydrogen) atoms. The Morgan fingerprint density at radius 3 is 2.16 bits per heavy atom. The zero-order valence-electron chi connectivity index (χ0n) is 20.9. The fraction of sp³-hybridized carbons (Fsp3) is 0.154. The molecule has 0 atom stereocenters. The van der Waals surface area contributed by atoms with Crippen molar-refractivity contribution >= 4 is 33.4 Å². The SMILES string of the molecule is CN1N=C(c2cc3ccc4ccc(-c5nn(C)c(=O)[n+](C)n5)c(ccc(c2)c3C#N)c4C#N)[N-]N(C)C1=O. The summed E-state index contributed by atoms with van der Waals surface area (Å²) >= 11 is 0. The molecule has 0 aliphatic carbocycles. The summed E-state index contributed by atoms with van der Waals surface area (Å²) in [7, 11) is 6.13. The normalized spacial score (nSPS) is 13.1. The molecule has 1 aliphatic rings. The van der Waals surface area contributed by atoms with Crippen LogP contribution >= 0.6 is 0 Å². The van der Waals surface area contributed by atoms with E-state index < -0.39 is 5.69 Å². The van der Waals surface area contributed by atoms with Crippen molar-refractivity contribution in [3.63, 3.8) is 0 Å². The maximum atomic E-state index is 12.1. The summed E-state index contributed by atoms with van der Waals surface area (Å²) in [6, 6.07) is 18.2. The van der Waals surface area contributed by atoms with Crippen LogP contribution in [-0.4, -0.2) is 50.9 Å². The molecule has 0 unspecified atom stereocenters. The fourth-order valence-corrected chi connectivity index (χ4v) is 4.25. The summed E-state index contributed by atoms with van der Waals surface area (Å²) in [4.78, 5) is 24.2. The molecule has 0 saturated carbocycles. The number of amides is 2. The monoisotopic (exact) mass is 504 g/mol. The molecule has 0 saturated heterocycles. The first-order valence-corrected chi connectivity index (χ1v) is 11.4. The van der Waals surface area contributed by atoms with Gasteiger partial charge in [0.15, 0.2) is 0 Å². The van der Waals surface area contributed by atoms with Crippen LogP contribution in [0, 0.1) is 22.7 Å². The van der Waals surface area contributed by atoms with Crippen LogP contribution in [0.15, 0.2) is 58.4 Å². The van der Waals surface area contributed by atoms with Crippen LogP contribution in [0.1, 0.15) is 16.7 Å². The van der Waals surface area contributed by atoms with E-state index in [1.54, 1.807) is 48.5 Å². The second kappa shape index (κ2) is 9.11. The van der Waals surface area contributed by atoms with E-state index in [9.17, 15) is 20.1 Å². The van der Waals surface area contributed by atoms with Gasteiger partial charge in [-0.25, -0.2) is 4.79 Å². The number of aromatic nitrogens is 4. The van der Waals surface area contributed by atoms with Crippen molar-refractivity contribution in [2.75, 3.05) is 14.1 Å². The van der Waals surface area contributed by atoms with Crippen molar-refractivity contribution < 1.29 is 9.48 Å². The van der Waals surface area contributed by atoms with Crippen molar-refractivity contribution in [1.29, 1.82) is 10.5 Å². The molecular weight excluding hydrogens is 484 g/mol. The third-order valence-electron chi connectivity index (χ3n) is 6.16. The lowest BCUT2D eigenvalue weighted by Crippen LogP contribution is -2.54. The average Bonchev–Trinajstić information content (AvgIpc) is 2.90.